The molecule has 0 saturated carbocycles. The highest BCUT2D eigenvalue weighted by Gasteiger charge is 2.19. The Morgan fingerprint density at radius 1 is 1.27 bits per heavy atom. The van der Waals surface area contributed by atoms with E-state index in [0.29, 0.717) is 4.90 Å². The summed E-state index contributed by atoms with van der Waals surface area (Å²) in [6, 6.07) is 6.95. The number of hydrogen-bond acceptors (Lipinski definition) is 5. The van der Waals surface area contributed by atoms with Crippen LogP contribution >= 0.6 is 11.3 Å². The number of benzene rings is 1. The summed E-state index contributed by atoms with van der Waals surface area (Å²) in [6.07, 6.45) is 3.74. The van der Waals surface area contributed by atoms with E-state index in [9.17, 15) is 8.42 Å². The number of anilines is 1. The van der Waals surface area contributed by atoms with Crippen LogP contribution in [0.3, 0.4) is 0 Å². The second-order valence-corrected chi connectivity index (χ2v) is 8.86. The molecule has 1 aromatic heterocycles. The van der Waals surface area contributed by atoms with E-state index in [2.05, 4.69) is 11.8 Å². The van der Waals surface area contributed by atoms with Crippen LogP contribution in [0.2, 0.25) is 0 Å². The Hall–Kier alpha value is -1.40. The molecule has 1 aliphatic heterocycles. The Kier molecular flexibility index (Phi) is 4.23. The number of piperidine rings is 1. The van der Waals surface area contributed by atoms with Crippen molar-refractivity contribution in [1.29, 1.82) is 0 Å². The summed E-state index contributed by atoms with van der Waals surface area (Å²) in [5, 5.41) is 3.11. The van der Waals surface area contributed by atoms with Crippen LogP contribution in [0.1, 0.15) is 19.8 Å². The Morgan fingerprint density at radius 2 is 2.00 bits per heavy atom. The summed E-state index contributed by atoms with van der Waals surface area (Å²) < 4.78 is 23.0. The monoisotopic (exact) mass is 336 g/mol. The Labute approximate surface area is 135 Å². The van der Waals surface area contributed by atoms with Crippen LogP contribution in [-0.4, -0.2) is 32.7 Å². The molecule has 6 heteroatoms. The molecule has 1 fully saturated rings. The van der Waals surface area contributed by atoms with E-state index in [1.807, 2.05) is 17.5 Å². The van der Waals surface area contributed by atoms with Crippen molar-refractivity contribution < 1.29 is 8.42 Å². The minimum Gasteiger partial charge on any atom is -0.348 e. The van der Waals surface area contributed by atoms with Crippen molar-refractivity contribution in [2.45, 2.75) is 24.7 Å². The molecule has 2 heterocycles. The van der Waals surface area contributed by atoms with Crippen molar-refractivity contribution in [3.63, 3.8) is 0 Å². The molecule has 1 atom stereocenters. The molecule has 1 aromatic carbocycles. The normalized spacial score (nSPS) is 19.4. The van der Waals surface area contributed by atoms with Gasteiger partial charge in [0.1, 0.15) is 0 Å². The molecule has 0 aliphatic carbocycles. The van der Waals surface area contributed by atoms with Gasteiger partial charge < -0.3 is 4.90 Å². The predicted octanol–water partition coefficient (Wildman–Crippen LogP) is 3.45. The van der Waals surface area contributed by atoms with E-state index in [1.165, 1.54) is 19.1 Å². The van der Waals surface area contributed by atoms with Crippen LogP contribution in [0.25, 0.3) is 11.3 Å². The maximum absolute atomic E-state index is 11.5. The van der Waals surface area contributed by atoms with Gasteiger partial charge in [-0.25, -0.2) is 13.4 Å². The molecule has 0 unspecified atom stereocenters. The molecule has 0 radical (unpaired) electrons. The molecule has 0 spiro atoms. The van der Waals surface area contributed by atoms with Gasteiger partial charge >= 0.3 is 0 Å². The van der Waals surface area contributed by atoms with Crippen LogP contribution in [0.4, 0.5) is 5.13 Å². The molecular weight excluding hydrogens is 316 g/mol. The number of thiazole rings is 1. The lowest BCUT2D eigenvalue weighted by molar-refractivity contribution is 0.446. The van der Waals surface area contributed by atoms with E-state index in [0.717, 1.165) is 35.4 Å². The van der Waals surface area contributed by atoms with Crippen molar-refractivity contribution >= 4 is 26.3 Å². The van der Waals surface area contributed by atoms with Gasteiger partial charge in [-0.05, 0) is 30.9 Å². The molecule has 118 valence electrons. The molecule has 0 amide bonds. The third kappa shape index (κ3) is 3.33. The van der Waals surface area contributed by atoms with Crippen molar-refractivity contribution in [3.05, 3.63) is 29.6 Å². The average Bonchev–Trinajstić information content (AvgIpc) is 2.96. The van der Waals surface area contributed by atoms with Crippen LogP contribution < -0.4 is 4.90 Å². The molecule has 3 rings (SSSR count). The number of aromatic nitrogens is 1. The molecule has 2 aromatic rings. The molecular formula is C16H20N2O2S2. The van der Waals surface area contributed by atoms with E-state index in [4.69, 9.17) is 4.98 Å². The zero-order valence-electron chi connectivity index (χ0n) is 12.8. The predicted molar refractivity (Wildman–Crippen MR) is 91.3 cm³/mol. The summed E-state index contributed by atoms with van der Waals surface area (Å²) >= 11 is 1.66. The van der Waals surface area contributed by atoms with Gasteiger partial charge in [0.2, 0.25) is 0 Å². The molecule has 1 aliphatic rings. The Morgan fingerprint density at radius 3 is 2.64 bits per heavy atom. The lowest BCUT2D eigenvalue weighted by Gasteiger charge is -2.30. The SMILES string of the molecule is C[C@H]1CCCN(c2nc(-c3ccc(S(C)(=O)=O)cc3)cs2)C1. The lowest BCUT2D eigenvalue weighted by Crippen LogP contribution is -2.34. The van der Waals surface area contributed by atoms with Gasteiger partial charge in [-0.3, -0.25) is 0 Å². The van der Waals surface area contributed by atoms with E-state index < -0.39 is 9.84 Å². The first kappa shape index (κ1) is 15.5. The smallest absolute Gasteiger partial charge is 0.185 e. The maximum atomic E-state index is 11.5. The first-order chi connectivity index (χ1) is 10.4. The number of nitrogens with zero attached hydrogens (tertiary/aromatic N) is 2. The Bertz CT molecular complexity index is 751. The minimum absolute atomic E-state index is 0.344. The second kappa shape index (κ2) is 6.01. The highest BCUT2D eigenvalue weighted by Crippen LogP contribution is 2.30. The van der Waals surface area contributed by atoms with Crippen molar-refractivity contribution in [2.75, 3.05) is 24.2 Å². The zero-order chi connectivity index (χ0) is 15.7. The van der Waals surface area contributed by atoms with E-state index in [1.54, 1.807) is 23.5 Å². The van der Waals surface area contributed by atoms with Crippen LogP contribution in [0.15, 0.2) is 34.5 Å². The van der Waals surface area contributed by atoms with Gasteiger partial charge in [-0.1, -0.05) is 19.1 Å². The molecule has 1 saturated heterocycles. The molecule has 4 nitrogen and oxygen atoms in total. The third-order valence-corrected chi connectivity index (χ3v) is 6.03. The Balaban J connectivity index is 1.81. The summed E-state index contributed by atoms with van der Waals surface area (Å²) in [5.41, 5.74) is 1.87. The van der Waals surface area contributed by atoms with Crippen molar-refractivity contribution in [1.82, 2.24) is 4.98 Å². The third-order valence-electron chi connectivity index (χ3n) is 4.00. The van der Waals surface area contributed by atoms with Gasteiger partial charge in [0, 0.05) is 30.3 Å². The summed E-state index contributed by atoms with van der Waals surface area (Å²) in [4.78, 5) is 7.42. The minimum atomic E-state index is -3.15. The van der Waals surface area contributed by atoms with Crippen molar-refractivity contribution in [2.24, 2.45) is 5.92 Å². The van der Waals surface area contributed by atoms with Crippen LogP contribution in [0, 0.1) is 5.92 Å². The maximum Gasteiger partial charge on any atom is 0.185 e. The van der Waals surface area contributed by atoms with E-state index >= 15 is 0 Å². The van der Waals surface area contributed by atoms with Crippen LogP contribution in [-0.2, 0) is 9.84 Å². The number of rotatable bonds is 3. The number of sulfone groups is 1. The molecule has 0 bridgehead atoms. The largest absolute Gasteiger partial charge is 0.348 e. The zero-order valence-corrected chi connectivity index (χ0v) is 14.5. The summed E-state index contributed by atoms with van der Waals surface area (Å²) in [6.45, 7) is 4.43. The first-order valence-corrected chi connectivity index (χ1v) is 10.2. The average molecular weight is 336 g/mol. The second-order valence-electron chi connectivity index (χ2n) is 6.01. The number of hydrogen-bond donors (Lipinski definition) is 0. The molecule has 22 heavy (non-hydrogen) atoms. The van der Waals surface area contributed by atoms with Gasteiger partial charge in [0.05, 0.1) is 10.6 Å². The fourth-order valence-corrected chi connectivity index (χ4v) is 4.28. The highest BCUT2D eigenvalue weighted by atomic mass is 32.2. The topological polar surface area (TPSA) is 50.3 Å². The molecule has 0 N–H and O–H groups in total. The van der Waals surface area contributed by atoms with Crippen LogP contribution in [0.5, 0.6) is 0 Å². The van der Waals surface area contributed by atoms with Crippen molar-refractivity contribution in [3.8, 4) is 11.3 Å². The van der Waals surface area contributed by atoms with Gasteiger partial charge in [-0.2, -0.15) is 0 Å². The van der Waals surface area contributed by atoms with Gasteiger partial charge in [-0.15, -0.1) is 11.3 Å². The standard InChI is InChI=1S/C16H20N2O2S2/c1-12-4-3-9-18(10-12)16-17-15(11-21-16)13-5-7-14(8-6-13)22(2,19)20/h5-8,11-12H,3-4,9-10H2,1-2H3/t12-/m0/s1. The fraction of sp³-hybridized carbons (Fsp3) is 0.438. The lowest BCUT2D eigenvalue weighted by atomic mass is 10.0. The quantitative estimate of drug-likeness (QED) is 0.861. The first-order valence-electron chi connectivity index (χ1n) is 7.44. The summed E-state index contributed by atoms with van der Waals surface area (Å²) in [5.74, 6) is 0.718. The van der Waals surface area contributed by atoms with Gasteiger partial charge in [0.25, 0.3) is 0 Å². The highest BCUT2D eigenvalue weighted by molar-refractivity contribution is 7.90. The summed E-state index contributed by atoms with van der Waals surface area (Å²) in [7, 11) is -3.15. The fourth-order valence-electron chi connectivity index (χ4n) is 2.78. The van der Waals surface area contributed by atoms with Gasteiger partial charge in [0.15, 0.2) is 15.0 Å². The van der Waals surface area contributed by atoms with E-state index in [-0.39, 0.29) is 0 Å².